The van der Waals surface area contributed by atoms with Gasteiger partial charge in [0.1, 0.15) is 5.82 Å². The number of anilines is 2. The predicted octanol–water partition coefficient (Wildman–Crippen LogP) is 2.20. The van der Waals surface area contributed by atoms with E-state index in [9.17, 15) is 10.1 Å². The van der Waals surface area contributed by atoms with E-state index in [4.69, 9.17) is 0 Å². The van der Waals surface area contributed by atoms with Crippen molar-refractivity contribution in [2.45, 2.75) is 19.8 Å². The molecule has 118 valence electrons. The molecule has 0 bridgehead atoms. The third-order valence-electron chi connectivity index (χ3n) is 3.07. The third-order valence-corrected chi connectivity index (χ3v) is 3.07. The zero-order valence-corrected chi connectivity index (χ0v) is 13.3. The summed E-state index contributed by atoms with van der Waals surface area (Å²) < 4.78 is 0. The predicted molar refractivity (Wildman–Crippen MR) is 86.1 cm³/mol. The van der Waals surface area contributed by atoms with Gasteiger partial charge < -0.3 is 15.1 Å². The van der Waals surface area contributed by atoms with Crippen LogP contribution in [0.5, 0.6) is 0 Å². The summed E-state index contributed by atoms with van der Waals surface area (Å²) >= 11 is 0. The van der Waals surface area contributed by atoms with Crippen molar-refractivity contribution in [2.75, 3.05) is 51.0 Å². The molecule has 0 aliphatic heterocycles. The third kappa shape index (κ3) is 5.55. The van der Waals surface area contributed by atoms with Gasteiger partial charge in [0, 0.05) is 26.2 Å². The summed E-state index contributed by atoms with van der Waals surface area (Å²) in [4.78, 5) is 19.1. The fourth-order valence-corrected chi connectivity index (χ4v) is 1.95. The van der Waals surface area contributed by atoms with Crippen molar-refractivity contribution < 1.29 is 4.92 Å². The molecule has 1 aromatic rings. The first-order chi connectivity index (χ1) is 9.95. The maximum absolute atomic E-state index is 11.1. The Labute approximate surface area is 126 Å². The van der Waals surface area contributed by atoms with Gasteiger partial charge in [-0.15, -0.1) is 0 Å². The lowest BCUT2D eigenvalue weighted by molar-refractivity contribution is -0.384. The molecule has 1 N–H and O–H groups in total. The summed E-state index contributed by atoms with van der Waals surface area (Å²) in [7, 11) is 5.86. The highest BCUT2D eigenvalue weighted by Gasteiger charge is 2.19. The van der Waals surface area contributed by atoms with E-state index in [0.717, 1.165) is 32.5 Å². The van der Waals surface area contributed by atoms with Crippen LogP contribution >= 0.6 is 0 Å². The molecule has 0 fully saturated rings. The van der Waals surface area contributed by atoms with E-state index in [2.05, 4.69) is 22.1 Å². The van der Waals surface area contributed by atoms with E-state index < -0.39 is 0 Å². The number of rotatable bonds is 9. The second-order valence-corrected chi connectivity index (χ2v) is 5.30. The Kier molecular flexibility index (Phi) is 6.87. The number of nitrogens with zero attached hydrogens (tertiary/aromatic N) is 4. The van der Waals surface area contributed by atoms with Crippen molar-refractivity contribution in [1.82, 2.24) is 9.88 Å². The van der Waals surface area contributed by atoms with Crippen LogP contribution in [0.2, 0.25) is 0 Å². The van der Waals surface area contributed by atoms with Crippen LogP contribution in [0.3, 0.4) is 0 Å². The average Bonchev–Trinajstić information content (AvgIpc) is 2.44. The van der Waals surface area contributed by atoms with Gasteiger partial charge in [0.15, 0.2) is 0 Å². The van der Waals surface area contributed by atoms with Crippen molar-refractivity contribution in [3.63, 3.8) is 0 Å². The Bertz CT molecular complexity index is 465. The van der Waals surface area contributed by atoms with Crippen LogP contribution in [-0.2, 0) is 0 Å². The number of hydrogen-bond acceptors (Lipinski definition) is 6. The number of hydrogen-bond donors (Lipinski definition) is 1. The molecule has 0 aliphatic rings. The van der Waals surface area contributed by atoms with E-state index >= 15 is 0 Å². The van der Waals surface area contributed by atoms with E-state index in [-0.39, 0.29) is 10.6 Å². The Balaban J connectivity index is 2.86. The Hall–Kier alpha value is -1.89. The summed E-state index contributed by atoms with van der Waals surface area (Å²) in [5.74, 6) is 1.09. The van der Waals surface area contributed by atoms with Crippen LogP contribution in [0.15, 0.2) is 12.1 Å². The Morgan fingerprint density at radius 1 is 1.29 bits per heavy atom. The van der Waals surface area contributed by atoms with E-state index in [1.54, 1.807) is 6.07 Å². The molecule has 0 saturated heterocycles. The van der Waals surface area contributed by atoms with Gasteiger partial charge in [-0.25, -0.2) is 4.98 Å². The summed E-state index contributed by atoms with van der Waals surface area (Å²) in [6, 6.07) is 3.17. The van der Waals surface area contributed by atoms with E-state index in [0.29, 0.717) is 11.6 Å². The summed E-state index contributed by atoms with van der Waals surface area (Å²) in [5.41, 5.74) is 0.0457. The Morgan fingerprint density at radius 2 is 2.00 bits per heavy atom. The quantitative estimate of drug-likeness (QED) is 0.556. The first-order valence-corrected chi connectivity index (χ1v) is 7.21. The molecule has 0 saturated carbocycles. The second kappa shape index (κ2) is 8.41. The van der Waals surface area contributed by atoms with Crippen LogP contribution < -0.4 is 10.2 Å². The standard InChI is InChI=1S/C14H25N5O2/c1-5-9-15-13-8-7-12(19(20)21)14(16-13)18(4)11-6-10-17(2)3/h7-8H,5-6,9-11H2,1-4H3,(H,15,16). The largest absolute Gasteiger partial charge is 0.370 e. The fourth-order valence-electron chi connectivity index (χ4n) is 1.95. The number of nitro groups is 1. The lowest BCUT2D eigenvalue weighted by Crippen LogP contribution is -2.25. The molecule has 1 aromatic heterocycles. The molecular formula is C14H25N5O2. The summed E-state index contributed by atoms with van der Waals surface area (Å²) in [5, 5.41) is 14.3. The first-order valence-electron chi connectivity index (χ1n) is 7.21. The summed E-state index contributed by atoms with van der Waals surface area (Å²) in [6.07, 6.45) is 1.90. The van der Waals surface area contributed by atoms with Crippen molar-refractivity contribution in [3.05, 3.63) is 22.2 Å². The zero-order valence-electron chi connectivity index (χ0n) is 13.3. The maximum Gasteiger partial charge on any atom is 0.311 e. The molecule has 0 atom stereocenters. The smallest absolute Gasteiger partial charge is 0.311 e. The van der Waals surface area contributed by atoms with Crippen molar-refractivity contribution in [2.24, 2.45) is 0 Å². The van der Waals surface area contributed by atoms with Crippen molar-refractivity contribution in [3.8, 4) is 0 Å². The second-order valence-electron chi connectivity index (χ2n) is 5.30. The summed E-state index contributed by atoms with van der Waals surface area (Å²) in [6.45, 7) is 4.52. The highest BCUT2D eigenvalue weighted by molar-refractivity contribution is 5.61. The molecule has 21 heavy (non-hydrogen) atoms. The van der Waals surface area contributed by atoms with Gasteiger partial charge in [0.25, 0.3) is 0 Å². The molecule has 0 spiro atoms. The Morgan fingerprint density at radius 3 is 2.57 bits per heavy atom. The average molecular weight is 295 g/mol. The van der Waals surface area contributed by atoms with Gasteiger partial charge in [0.2, 0.25) is 5.82 Å². The number of pyridine rings is 1. The van der Waals surface area contributed by atoms with Crippen LogP contribution in [0.4, 0.5) is 17.3 Å². The molecule has 7 nitrogen and oxygen atoms in total. The van der Waals surface area contributed by atoms with E-state index in [1.165, 1.54) is 6.07 Å². The molecule has 1 heterocycles. The lowest BCUT2D eigenvalue weighted by atomic mass is 10.3. The zero-order chi connectivity index (χ0) is 15.8. The fraction of sp³-hybridized carbons (Fsp3) is 0.643. The lowest BCUT2D eigenvalue weighted by Gasteiger charge is -2.20. The van der Waals surface area contributed by atoms with Crippen LogP contribution in [0, 0.1) is 10.1 Å². The molecule has 0 amide bonds. The van der Waals surface area contributed by atoms with Gasteiger partial charge >= 0.3 is 5.69 Å². The normalized spacial score (nSPS) is 10.7. The van der Waals surface area contributed by atoms with Gasteiger partial charge in [-0.05, 0) is 39.5 Å². The highest BCUT2D eigenvalue weighted by atomic mass is 16.6. The minimum atomic E-state index is -0.381. The van der Waals surface area contributed by atoms with Crippen molar-refractivity contribution in [1.29, 1.82) is 0 Å². The molecule has 0 aromatic carbocycles. The molecule has 1 rings (SSSR count). The monoisotopic (exact) mass is 295 g/mol. The van der Waals surface area contributed by atoms with Crippen LogP contribution in [-0.4, -0.2) is 55.6 Å². The van der Waals surface area contributed by atoms with Crippen molar-refractivity contribution >= 4 is 17.3 Å². The van der Waals surface area contributed by atoms with Gasteiger partial charge in [-0.3, -0.25) is 10.1 Å². The minimum absolute atomic E-state index is 0.0457. The topological polar surface area (TPSA) is 74.5 Å². The molecular weight excluding hydrogens is 270 g/mol. The minimum Gasteiger partial charge on any atom is -0.370 e. The molecule has 0 unspecified atom stereocenters. The van der Waals surface area contributed by atoms with Gasteiger partial charge in [-0.2, -0.15) is 0 Å². The van der Waals surface area contributed by atoms with Crippen LogP contribution in [0.1, 0.15) is 19.8 Å². The van der Waals surface area contributed by atoms with Gasteiger partial charge in [-0.1, -0.05) is 6.92 Å². The van der Waals surface area contributed by atoms with Crippen LogP contribution in [0.25, 0.3) is 0 Å². The van der Waals surface area contributed by atoms with Gasteiger partial charge in [0.05, 0.1) is 4.92 Å². The number of aromatic nitrogens is 1. The highest BCUT2D eigenvalue weighted by Crippen LogP contribution is 2.26. The number of nitrogens with one attached hydrogen (secondary N) is 1. The first kappa shape index (κ1) is 17.2. The maximum atomic E-state index is 11.1. The molecule has 7 heteroatoms. The van der Waals surface area contributed by atoms with E-state index in [1.807, 2.05) is 26.0 Å². The molecule has 0 aliphatic carbocycles. The molecule has 0 radical (unpaired) electrons. The SMILES string of the molecule is CCCNc1ccc([N+](=O)[O-])c(N(C)CCCN(C)C)n1.